The van der Waals surface area contributed by atoms with Gasteiger partial charge in [-0.2, -0.15) is 0 Å². The maximum absolute atomic E-state index is 12.7. The van der Waals surface area contributed by atoms with Gasteiger partial charge in [-0.15, -0.1) is 0 Å². The molecule has 1 aliphatic rings. The molecule has 5 rings (SSSR count). The third-order valence-electron chi connectivity index (χ3n) is 5.60. The van der Waals surface area contributed by atoms with E-state index in [4.69, 9.17) is 0 Å². The Balaban J connectivity index is 1.47. The van der Waals surface area contributed by atoms with Gasteiger partial charge >= 0.3 is 5.69 Å². The summed E-state index contributed by atoms with van der Waals surface area (Å²) in [6.07, 6.45) is 8.53. The zero-order valence-electron chi connectivity index (χ0n) is 16.3. The van der Waals surface area contributed by atoms with E-state index in [1.165, 1.54) is 4.57 Å². The van der Waals surface area contributed by atoms with Gasteiger partial charge in [0.25, 0.3) is 5.56 Å². The summed E-state index contributed by atoms with van der Waals surface area (Å²) in [7, 11) is 0. The maximum atomic E-state index is 12.7. The second kappa shape index (κ2) is 7.68. The number of imidazole rings is 1. The van der Waals surface area contributed by atoms with Gasteiger partial charge in [0.05, 0.1) is 17.7 Å². The minimum absolute atomic E-state index is 0.157. The quantitative estimate of drug-likeness (QED) is 0.554. The van der Waals surface area contributed by atoms with Crippen molar-refractivity contribution in [3.05, 3.63) is 81.8 Å². The molecule has 0 bridgehead atoms. The Morgan fingerprint density at radius 1 is 1.00 bits per heavy atom. The number of H-pyrrole nitrogens is 1. The molecular formula is C21H21N7O2. The Hall–Kier alpha value is -3.59. The van der Waals surface area contributed by atoms with Crippen molar-refractivity contribution < 1.29 is 0 Å². The van der Waals surface area contributed by atoms with Gasteiger partial charge < -0.3 is 4.57 Å². The third kappa shape index (κ3) is 3.33. The molecule has 152 valence electrons. The smallest absolute Gasteiger partial charge is 0.313 e. The standard InChI is InChI=1S/C21H21N7O2/c29-19-18-20(28(21(30)25-19)17-4-9-22-10-5-17)27(14-24-18)16-6-11-26(12-7-16)13-15-3-1-2-8-23-15/h1-5,8-10,14,16H,6-7,11-13H2,(H,25,29,30). The number of hydrogen-bond donors (Lipinski definition) is 1. The SMILES string of the molecule is O=c1[nH]c(=O)n(-c2ccncc2)c2c1ncn2C1CCN(Cc2ccccn2)CC1. The van der Waals surface area contributed by atoms with Crippen molar-refractivity contribution >= 4 is 11.2 Å². The molecule has 5 heterocycles. The molecule has 1 aliphatic heterocycles. The van der Waals surface area contributed by atoms with E-state index in [-0.39, 0.29) is 11.6 Å². The predicted molar refractivity (Wildman–Crippen MR) is 112 cm³/mol. The number of rotatable bonds is 4. The van der Waals surface area contributed by atoms with E-state index in [0.29, 0.717) is 11.3 Å². The molecule has 0 amide bonds. The maximum Gasteiger partial charge on any atom is 0.334 e. The van der Waals surface area contributed by atoms with Crippen LogP contribution in [0.1, 0.15) is 24.6 Å². The predicted octanol–water partition coefficient (Wildman–Crippen LogP) is 1.50. The lowest BCUT2D eigenvalue weighted by molar-refractivity contribution is 0.179. The van der Waals surface area contributed by atoms with Crippen LogP contribution in [-0.4, -0.2) is 47.1 Å². The summed E-state index contributed by atoms with van der Waals surface area (Å²) < 4.78 is 3.48. The molecule has 0 saturated carbocycles. The van der Waals surface area contributed by atoms with Crippen molar-refractivity contribution in [2.75, 3.05) is 13.1 Å². The molecule has 0 aromatic carbocycles. The Morgan fingerprint density at radius 3 is 2.53 bits per heavy atom. The number of aromatic amines is 1. The summed E-state index contributed by atoms with van der Waals surface area (Å²) in [6.45, 7) is 2.63. The lowest BCUT2D eigenvalue weighted by Crippen LogP contribution is -2.35. The van der Waals surface area contributed by atoms with Crippen molar-refractivity contribution in [1.82, 2.24) is 34.0 Å². The van der Waals surface area contributed by atoms with Crippen molar-refractivity contribution in [1.29, 1.82) is 0 Å². The fourth-order valence-corrected chi connectivity index (χ4v) is 4.12. The van der Waals surface area contributed by atoms with E-state index in [0.717, 1.165) is 38.2 Å². The summed E-state index contributed by atoms with van der Waals surface area (Å²) >= 11 is 0. The molecule has 0 spiro atoms. The molecule has 9 nitrogen and oxygen atoms in total. The van der Waals surface area contributed by atoms with Crippen molar-refractivity contribution in [2.24, 2.45) is 0 Å². The van der Waals surface area contributed by atoms with Crippen LogP contribution in [0, 0.1) is 0 Å². The van der Waals surface area contributed by atoms with E-state index < -0.39 is 11.2 Å². The summed E-state index contributed by atoms with van der Waals surface area (Å²) in [5.74, 6) is 0. The molecule has 1 N–H and O–H groups in total. The zero-order valence-corrected chi connectivity index (χ0v) is 16.3. The molecule has 1 fully saturated rings. The van der Waals surface area contributed by atoms with Crippen molar-refractivity contribution in [3.63, 3.8) is 0 Å². The number of pyridine rings is 2. The fourth-order valence-electron chi connectivity index (χ4n) is 4.12. The van der Waals surface area contributed by atoms with Gasteiger partial charge in [0.2, 0.25) is 0 Å². The number of nitrogens with one attached hydrogen (secondary N) is 1. The van der Waals surface area contributed by atoms with Gasteiger partial charge in [0, 0.05) is 44.3 Å². The molecule has 9 heteroatoms. The van der Waals surface area contributed by atoms with E-state index in [9.17, 15) is 9.59 Å². The summed E-state index contributed by atoms with van der Waals surface area (Å²) in [5, 5.41) is 0. The minimum atomic E-state index is -0.479. The fraction of sp³-hybridized carbons (Fsp3) is 0.286. The number of piperidine rings is 1. The van der Waals surface area contributed by atoms with Crippen LogP contribution in [0.5, 0.6) is 0 Å². The highest BCUT2D eigenvalue weighted by molar-refractivity contribution is 5.72. The number of fused-ring (bicyclic) bond motifs is 1. The first-order chi connectivity index (χ1) is 14.7. The molecule has 30 heavy (non-hydrogen) atoms. The number of hydrogen-bond acceptors (Lipinski definition) is 6. The molecule has 0 radical (unpaired) electrons. The Kier molecular flexibility index (Phi) is 4.72. The molecule has 4 aromatic heterocycles. The Morgan fingerprint density at radius 2 is 1.80 bits per heavy atom. The lowest BCUT2D eigenvalue weighted by Gasteiger charge is -2.32. The van der Waals surface area contributed by atoms with Crippen LogP contribution in [-0.2, 0) is 6.54 Å². The first kappa shape index (κ1) is 18.4. The van der Waals surface area contributed by atoms with Crippen LogP contribution in [0.4, 0.5) is 0 Å². The van der Waals surface area contributed by atoms with Gasteiger partial charge in [0.15, 0.2) is 11.2 Å². The first-order valence-electron chi connectivity index (χ1n) is 9.95. The Bertz CT molecular complexity index is 1270. The van der Waals surface area contributed by atoms with Crippen molar-refractivity contribution in [3.8, 4) is 5.69 Å². The van der Waals surface area contributed by atoms with Crippen LogP contribution in [0.25, 0.3) is 16.9 Å². The highest BCUT2D eigenvalue weighted by atomic mass is 16.2. The number of likely N-dealkylation sites (tertiary alicyclic amines) is 1. The van der Waals surface area contributed by atoms with Crippen LogP contribution in [0.3, 0.4) is 0 Å². The van der Waals surface area contributed by atoms with Gasteiger partial charge in [-0.3, -0.25) is 24.6 Å². The summed E-state index contributed by atoms with van der Waals surface area (Å²) in [5.41, 5.74) is 1.55. The first-order valence-corrected chi connectivity index (χ1v) is 9.95. The van der Waals surface area contributed by atoms with Crippen LogP contribution in [0.2, 0.25) is 0 Å². The van der Waals surface area contributed by atoms with Crippen LogP contribution in [0.15, 0.2) is 64.8 Å². The summed E-state index contributed by atoms with van der Waals surface area (Å²) in [6, 6.07) is 9.60. The van der Waals surface area contributed by atoms with E-state index in [1.807, 2.05) is 29.0 Å². The largest absolute Gasteiger partial charge is 0.334 e. The van der Waals surface area contributed by atoms with E-state index in [1.54, 1.807) is 30.9 Å². The number of nitrogens with zero attached hydrogens (tertiary/aromatic N) is 6. The molecular weight excluding hydrogens is 382 g/mol. The lowest BCUT2D eigenvalue weighted by atomic mass is 10.0. The second-order valence-corrected chi connectivity index (χ2v) is 7.45. The second-order valence-electron chi connectivity index (χ2n) is 7.45. The molecule has 1 saturated heterocycles. The van der Waals surface area contributed by atoms with Gasteiger partial charge in [-0.25, -0.2) is 14.3 Å². The minimum Gasteiger partial charge on any atom is -0.313 e. The van der Waals surface area contributed by atoms with E-state index in [2.05, 4.69) is 24.8 Å². The average molecular weight is 403 g/mol. The molecule has 0 unspecified atom stereocenters. The monoisotopic (exact) mass is 403 g/mol. The Labute approximate surface area is 171 Å². The van der Waals surface area contributed by atoms with Crippen LogP contribution < -0.4 is 11.2 Å². The number of aromatic nitrogens is 6. The molecule has 4 aromatic rings. The topological polar surface area (TPSA) is 102 Å². The molecule has 0 aliphatic carbocycles. The van der Waals surface area contributed by atoms with Crippen molar-refractivity contribution in [2.45, 2.75) is 25.4 Å². The van der Waals surface area contributed by atoms with Gasteiger partial charge in [0.1, 0.15) is 0 Å². The average Bonchev–Trinajstić information content (AvgIpc) is 3.21. The molecule has 0 atom stereocenters. The highest BCUT2D eigenvalue weighted by Crippen LogP contribution is 2.26. The van der Waals surface area contributed by atoms with Crippen LogP contribution >= 0.6 is 0 Å². The third-order valence-corrected chi connectivity index (χ3v) is 5.60. The normalized spacial score (nSPS) is 15.6. The highest BCUT2D eigenvalue weighted by Gasteiger charge is 2.25. The zero-order chi connectivity index (χ0) is 20.5. The summed E-state index contributed by atoms with van der Waals surface area (Å²) in [4.78, 5) is 42.5. The van der Waals surface area contributed by atoms with E-state index >= 15 is 0 Å². The van der Waals surface area contributed by atoms with Gasteiger partial charge in [-0.05, 0) is 37.1 Å². The van der Waals surface area contributed by atoms with Gasteiger partial charge in [-0.1, -0.05) is 6.07 Å².